The Hall–Kier alpha value is -2.37. The first-order valence-corrected chi connectivity index (χ1v) is 7.05. The number of nitrogens with one attached hydrogen (secondary N) is 1. The van der Waals surface area contributed by atoms with Crippen LogP contribution in [0.1, 0.15) is 29.5 Å². The van der Waals surface area contributed by atoms with Gasteiger partial charge in [0, 0.05) is 18.5 Å². The summed E-state index contributed by atoms with van der Waals surface area (Å²) in [6, 6.07) is 6.93. The van der Waals surface area contributed by atoms with E-state index in [1.54, 1.807) is 31.4 Å². The van der Waals surface area contributed by atoms with E-state index in [9.17, 15) is 4.79 Å². The van der Waals surface area contributed by atoms with Gasteiger partial charge < -0.3 is 4.74 Å². The number of carbonyl (C=O) groups excluding carboxylic acids is 1. The SMILES string of the molecule is COc1ccc(C(=O)Nc2nc3n(n2)CC(C)CC3)cc1. The van der Waals surface area contributed by atoms with E-state index in [4.69, 9.17) is 4.74 Å². The highest BCUT2D eigenvalue weighted by Crippen LogP contribution is 2.19. The van der Waals surface area contributed by atoms with Crippen molar-refractivity contribution >= 4 is 11.9 Å². The Morgan fingerprint density at radius 2 is 2.14 bits per heavy atom. The summed E-state index contributed by atoms with van der Waals surface area (Å²) >= 11 is 0. The number of amides is 1. The number of fused-ring (bicyclic) bond motifs is 1. The average Bonchev–Trinajstić information content (AvgIpc) is 2.88. The van der Waals surface area contributed by atoms with E-state index >= 15 is 0 Å². The van der Waals surface area contributed by atoms with Crippen molar-refractivity contribution in [3.8, 4) is 5.75 Å². The van der Waals surface area contributed by atoms with Crippen LogP contribution in [0.4, 0.5) is 5.95 Å². The van der Waals surface area contributed by atoms with Gasteiger partial charge in [0.25, 0.3) is 5.91 Å². The second kappa shape index (κ2) is 5.55. The van der Waals surface area contributed by atoms with Gasteiger partial charge in [0.05, 0.1) is 7.11 Å². The summed E-state index contributed by atoms with van der Waals surface area (Å²) in [6.45, 7) is 3.06. The van der Waals surface area contributed by atoms with Crippen LogP contribution in [-0.4, -0.2) is 27.8 Å². The molecule has 0 fully saturated rings. The number of hydrogen-bond acceptors (Lipinski definition) is 4. The maximum absolute atomic E-state index is 12.1. The van der Waals surface area contributed by atoms with Gasteiger partial charge in [0.2, 0.25) is 5.95 Å². The van der Waals surface area contributed by atoms with Gasteiger partial charge in [0.15, 0.2) is 0 Å². The molecule has 1 aliphatic heterocycles. The number of rotatable bonds is 3. The zero-order valence-corrected chi connectivity index (χ0v) is 12.2. The van der Waals surface area contributed by atoms with Crippen molar-refractivity contribution < 1.29 is 9.53 Å². The molecule has 1 N–H and O–H groups in total. The number of aryl methyl sites for hydroxylation is 1. The van der Waals surface area contributed by atoms with Crippen LogP contribution in [0.15, 0.2) is 24.3 Å². The predicted octanol–water partition coefficient (Wildman–Crippen LogP) is 2.12. The summed E-state index contributed by atoms with van der Waals surface area (Å²) in [6.07, 6.45) is 2.02. The quantitative estimate of drug-likeness (QED) is 0.938. The van der Waals surface area contributed by atoms with Crippen LogP contribution in [-0.2, 0) is 13.0 Å². The molecule has 1 amide bonds. The van der Waals surface area contributed by atoms with Gasteiger partial charge in [0.1, 0.15) is 11.6 Å². The lowest BCUT2D eigenvalue weighted by Gasteiger charge is -2.17. The van der Waals surface area contributed by atoms with E-state index in [2.05, 4.69) is 22.3 Å². The number of ether oxygens (including phenoxy) is 1. The van der Waals surface area contributed by atoms with E-state index in [1.165, 1.54) is 0 Å². The molecule has 1 atom stereocenters. The van der Waals surface area contributed by atoms with Crippen molar-refractivity contribution in [2.75, 3.05) is 12.4 Å². The predicted molar refractivity (Wildman–Crippen MR) is 78.5 cm³/mol. The van der Waals surface area contributed by atoms with E-state index in [-0.39, 0.29) is 5.91 Å². The molecular formula is C15H18N4O2. The fourth-order valence-electron chi connectivity index (χ4n) is 2.44. The highest BCUT2D eigenvalue weighted by atomic mass is 16.5. The molecule has 6 heteroatoms. The fourth-order valence-corrected chi connectivity index (χ4v) is 2.44. The monoisotopic (exact) mass is 286 g/mol. The van der Waals surface area contributed by atoms with Gasteiger partial charge in [-0.3, -0.25) is 10.1 Å². The summed E-state index contributed by atoms with van der Waals surface area (Å²) in [7, 11) is 1.59. The van der Waals surface area contributed by atoms with Crippen LogP contribution in [0, 0.1) is 5.92 Å². The highest BCUT2D eigenvalue weighted by molar-refractivity contribution is 6.03. The molecule has 3 rings (SSSR count). The van der Waals surface area contributed by atoms with Gasteiger partial charge in [-0.2, -0.15) is 4.98 Å². The molecule has 1 unspecified atom stereocenters. The minimum Gasteiger partial charge on any atom is -0.497 e. The van der Waals surface area contributed by atoms with E-state index in [1.807, 2.05) is 4.68 Å². The van der Waals surface area contributed by atoms with Crippen LogP contribution < -0.4 is 10.1 Å². The maximum atomic E-state index is 12.1. The third-order valence-corrected chi connectivity index (χ3v) is 3.67. The summed E-state index contributed by atoms with van der Waals surface area (Å²) < 4.78 is 6.96. The Kier molecular flexibility index (Phi) is 3.60. The van der Waals surface area contributed by atoms with Crippen LogP contribution in [0.3, 0.4) is 0 Å². The standard InChI is InChI=1S/C15H18N4O2/c1-10-3-8-13-16-15(18-19(13)9-10)17-14(20)11-4-6-12(21-2)7-5-11/h4-7,10H,3,8-9H2,1-2H3,(H,17,18,20). The zero-order chi connectivity index (χ0) is 14.8. The number of hydrogen-bond donors (Lipinski definition) is 1. The number of methoxy groups -OCH3 is 1. The molecule has 110 valence electrons. The Morgan fingerprint density at radius 1 is 1.38 bits per heavy atom. The Morgan fingerprint density at radius 3 is 2.86 bits per heavy atom. The lowest BCUT2D eigenvalue weighted by Crippen LogP contribution is -2.19. The van der Waals surface area contributed by atoms with Gasteiger partial charge in [-0.1, -0.05) is 6.92 Å². The molecule has 1 aliphatic rings. The average molecular weight is 286 g/mol. The highest BCUT2D eigenvalue weighted by Gasteiger charge is 2.19. The van der Waals surface area contributed by atoms with Gasteiger partial charge in [-0.05, 0) is 36.6 Å². The Bertz CT molecular complexity index is 648. The van der Waals surface area contributed by atoms with Gasteiger partial charge >= 0.3 is 0 Å². The molecule has 21 heavy (non-hydrogen) atoms. The molecule has 1 aromatic carbocycles. The molecular weight excluding hydrogens is 268 g/mol. The summed E-state index contributed by atoms with van der Waals surface area (Å²) in [5, 5.41) is 7.09. The second-order valence-electron chi connectivity index (χ2n) is 5.36. The molecule has 0 saturated heterocycles. The minimum atomic E-state index is -0.214. The normalized spacial score (nSPS) is 17.1. The first-order valence-electron chi connectivity index (χ1n) is 7.05. The molecule has 0 bridgehead atoms. The number of nitrogens with zero attached hydrogens (tertiary/aromatic N) is 3. The molecule has 0 radical (unpaired) electrons. The number of carbonyl (C=O) groups is 1. The van der Waals surface area contributed by atoms with E-state index < -0.39 is 0 Å². The molecule has 0 saturated carbocycles. The topological polar surface area (TPSA) is 69.0 Å². The van der Waals surface area contributed by atoms with E-state index in [0.717, 1.165) is 31.0 Å². The lowest BCUT2D eigenvalue weighted by molar-refractivity contribution is 0.102. The van der Waals surface area contributed by atoms with Crippen LogP contribution in [0.2, 0.25) is 0 Å². The van der Waals surface area contributed by atoms with Crippen molar-refractivity contribution in [1.82, 2.24) is 14.8 Å². The fraction of sp³-hybridized carbons (Fsp3) is 0.400. The second-order valence-corrected chi connectivity index (χ2v) is 5.36. The number of benzene rings is 1. The van der Waals surface area contributed by atoms with Crippen molar-refractivity contribution in [3.05, 3.63) is 35.7 Å². The van der Waals surface area contributed by atoms with Crippen LogP contribution in [0.25, 0.3) is 0 Å². The molecule has 6 nitrogen and oxygen atoms in total. The van der Waals surface area contributed by atoms with Crippen molar-refractivity contribution in [2.24, 2.45) is 5.92 Å². The van der Waals surface area contributed by atoms with Gasteiger partial charge in [-0.25, -0.2) is 4.68 Å². The van der Waals surface area contributed by atoms with Crippen molar-refractivity contribution in [3.63, 3.8) is 0 Å². The third kappa shape index (κ3) is 2.89. The van der Waals surface area contributed by atoms with Crippen LogP contribution >= 0.6 is 0 Å². The maximum Gasteiger partial charge on any atom is 0.258 e. The number of aromatic nitrogens is 3. The first-order chi connectivity index (χ1) is 10.2. The molecule has 2 heterocycles. The Balaban J connectivity index is 1.72. The molecule has 0 spiro atoms. The van der Waals surface area contributed by atoms with Gasteiger partial charge in [-0.15, -0.1) is 5.10 Å². The lowest BCUT2D eigenvalue weighted by atomic mass is 10.0. The smallest absolute Gasteiger partial charge is 0.258 e. The number of anilines is 1. The van der Waals surface area contributed by atoms with Crippen LogP contribution in [0.5, 0.6) is 5.75 Å². The first kappa shape index (κ1) is 13.6. The molecule has 2 aromatic rings. The Labute approximate surface area is 123 Å². The zero-order valence-electron chi connectivity index (χ0n) is 12.2. The largest absolute Gasteiger partial charge is 0.497 e. The van der Waals surface area contributed by atoms with Crippen molar-refractivity contribution in [2.45, 2.75) is 26.3 Å². The molecule has 1 aromatic heterocycles. The van der Waals surface area contributed by atoms with E-state index in [0.29, 0.717) is 17.4 Å². The summed E-state index contributed by atoms with van der Waals surface area (Å²) in [5.74, 6) is 2.42. The molecule has 0 aliphatic carbocycles. The third-order valence-electron chi connectivity index (χ3n) is 3.67. The summed E-state index contributed by atoms with van der Waals surface area (Å²) in [4.78, 5) is 16.5. The summed E-state index contributed by atoms with van der Waals surface area (Å²) in [5.41, 5.74) is 0.553. The van der Waals surface area contributed by atoms with Crippen molar-refractivity contribution in [1.29, 1.82) is 0 Å². The minimum absolute atomic E-state index is 0.214.